The van der Waals surface area contributed by atoms with Gasteiger partial charge in [-0.15, -0.1) is 0 Å². The topological polar surface area (TPSA) is 102 Å². The minimum atomic E-state index is -0.446. The highest BCUT2D eigenvalue weighted by atomic mass is 16.6. The lowest BCUT2D eigenvalue weighted by molar-refractivity contribution is -0.385. The molecule has 0 aliphatic carbocycles. The number of hydrogen-bond donors (Lipinski definition) is 2. The molecule has 2 aromatic carbocycles. The van der Waals surface area contributed by atoms with E-state index in [0.29, 0.717) is 22.6 Å². The first-order valence-electron chi connectivity index (χ1n) is 6.27. The van der Waals surface area contributed by atoms with Gasteiger partial charge in [-0.2, -0.15) is 0 Å². The van der Waals surface area contributed by atoms with Crippen LogP contribution in [0.4, 0.5) is 5.69 Å². The van der Waals surface area contributed by atoms with Gasteiger partial charge in [0, 0.05) is 5.56 Å². The van der Waals surface area contributed by atoms with Gasteiger partial charge < -0.3 is 10.5 Å². The summed E-state index contributed by atoms with van der Waals surface area (Å²) in [6.45, 7) is 3.49. The van der Waals surface area contributed by atoms with Crippen LogP contribution in [0.15, 0.2) is 36.4 Å². The molecule has 0 aromatic heterocycles. The highest BCUT2D eigenvalue weighted by Crippen LogP contribution is 2.32. The predicted octanol–water partition coefficient (Wildman–Crippen LogP) is 3.29. The maximum absolute atomic E-state index is 11.0. The lowest BCUT2D eigenvalue weighted by atomic mass is 10.1. The predicted molar refractivity (Wildman–Crippen MR) is 80.1 cm³/mol. The Morgan fingerprint density at radius 3 is 2.48 bits per heavy atom. The second kappa shape index (κ2) is 5.62. The van der Waals surface area contributed by atoms with Gasteiger partial charge in [0.15, 0.2) is 0 Å². The standard InChI is InChI=1S/C15H15N3O3/c1-9-7-10(2)14(8-12(9)18(19)20)21-13-6-4-3-5-11(13)15(16)17/h3-8H,1-2H3,(H3,16,17). The third kappa shape index (κ3) is 3.00. The average Bonchev–Trinajstić information content (AvgIpc) is 2.41. The van der Waals surface area contributed by atoms with Crippen LogP contribution in [-0.2, 0) is 0 Å². The zero-order valence-corrected chi connectivity index (χ0v) is 11.7. The highest BCUT2D eigenvalue weighted by molar-refractivity contribution is 5.97. The van der Waals surface area contributed by atoms with Crippen molar-refractivity contribution in [3.8, 4) is 11.5 Å². The maximum atomic E-state index is 11.0. The minimum absolute atomic E-state index is 0.00379. The number of para-hydroxylation sites is 1. The largest absolute Gasteiger partial charge is 0.456 e. The number of amidine groups is 1. The molecule has 2 aromatic rings. The van der Waals surface area contributed by atoms with Gasteiger partial charge in [0.25, 0.3) is 5.69 Å². The summed E-state index contributed by atoms with van der Waals surface area (Å²) in [5.74, 6) is 0.650. The molecule has 2 rings (SSSR count). The number of rotatable bonds is 4. The van der Waals surface area contributed by atoms with Gasteiger partial charge in [0.2, 0.25) is 0 Å². The molecule has 0 atom stereocenters. The first-order valence-corrected chi connectivity index (χ1v) is 6.27. The van der Waals surface area contributed by atoms with Crippen LogP contribution in [0.25, 0.3) is 0 Å². The minimum Gasteiger partial charge on any atom is -0.456 e. The van der Waals surface area contributed by atoms with Gasteiger partial charge in [-0.05, 0) is 37.6 Å². The molecular weight excluding hydrogens is 270 g/mol. The Hall–Kier alpha value is -2.89. The summed E-state index contributed by atoms with van der Waals surface area (Å²) >= 11 is 0. The van der Waals surface area contributed by atoms with Crippen LogP contribution >= 0.6 is 0 Å². The molecule has 6 heteroatoms. The van der Waals surface area contributed by atoms with Crippen molar-refractivity contribution in [3.63, 3.8) is 0 Å². The van der Waals surface area contributed by atoms with Gasteiger partial charge in [-0.1, -0.05) is 12.1 Å². The molecule has 0 aliphatic heterocycles. The number of nitro groups is 1. The molecule has 0 spiro atoms. The normalized spacial score (nSPS) is 10.2. The average molecular weight is 285 g/mol. The molecule has 0 aliphatic rings. The van der Waals surface area contributed by atoms with E-state index in [-0.39, 0.29) is 11.5 Å². The number of ether oxygens (including phenoxy) is 1. The molecule has 3 N–H and O–H groups in total. The Labute approximate surface area is 121 Å². The lowest BCUT2D eigenvalue weighted by Gasteiger charge is -2.12. The second-order valence-corrected chi connectivity index (χ2v) is 4.67. The summed E-state index contributed by atoms with van der Waals surface area (Å²) < 4.78 is 5.72. The van der Waals surface area contributed by atoms with E-state index in [1.807, 2.05) is 6.92 Å². The zero-order valence-electron chi connectivity index (χ0n) is 11.7. The molecule has 108 valence electrons. The van der Waals surface area contributed by atoms with Crippen molar-refractivity contribution < 1.29 is 9.66 Å². The molecule has 0 saturated heterocycles. The molecular formula is C15H15N3O3. The number of nitro benzene ring substituents is 1. The van der Waals surface area contributed by atoms with Gasteiger partial charge in [0.05, 0.1) is 16.6 Å². The molecule has 0 radical (unpaired) electrons. The Balaban J connectivity index is 2.47. The number of aryl methyl sites for hydroxylation is 2. The quantitative estimate of drug-likeness (QED) is 0.389. The third-order valence-electron chi connectivity index (χ3n) is 3.09. The zero-order chi connectivity index (χ0) is 15.6. The van der Waals surface area contributed by atoms with Crippen LogP contribution in [0, 0.1) is 29.4 Å². The van der Waals surface area contributed by atoms with Crippen molar-refractivity contribution in [1.29, 1.82) is 5.41 Å². The SMILES string of the molecule is Cc1cc(C)c([N+](=O)[O-])cc1Oc1ccccc1C(=N)N. The number of nitrogens with two attached hydrogens (primary N) is 1. The van der Waals surface area contributed by atoms with Crippen LogP contribution in [0.3, 0.4) is 0 Å². The smallest absolute Gasteiger partial charge is 0.276 e. The summed E-state index contributed by atoms with van der Waals surface area (Å²) in [6, 6.07) is 9.91. The highest BCUT2D eigenvalue weighted by Gasteiger charge is 2.16. The van der Waals surface area contributed by atoms with Crippen LogP contribution in [0.2, 0.25) is 0 Å². The molecule has 0 heterocycles. The van der Waals surface area contributed by atoms with Crippen molar-refractivity contribution in [2.45, 2.75) is 13.8 Å². The summed E-state index contributed by atoms with van der Waals surface area (Å²) in [5, 5.41) is 18.5. The first kappa shape index (κ1) is 14.5. The summed E-state index contributed by atoms with van der Waals surface area (Å²) in [5.41, 5.74) is 7.29. The van der Waals surface area contributed by atoms with Crippen LogP contribution in [-0.4, -0.2) is 10.8 Å². The van der Waals surface area contributed by atoms with Crippen molar-refractivity contribution in [1.82, 2.24) is 0 Å². The van der Waals surface area contributed by atoms with E-state index in [2.05, 4.69) is 0 Å². The van der Waals surface area contributed by atoms with E-state index in [9.17, 15) is 10.1 Å². The van der Waals surface area contributed by atoms with Gasteiger partial charge in [-0.3, -0.25) is 15.5 Å². The number of nitrogens with one attached hydrogen (secondary N) is 1. The van der Waals surface area contributed by atoms with Crippen molar-refractivity contribution in [2.24, 2.45) is 5.73 Å². The molecule has 0 saturated carbocycles. The Bertz CT molecular complexity index is 726. The molecule has 0 amide bonds. The first-order chi connectivity index (χ1) is 9.90. The number of benzene rings is 2. The van der Waals surface area contributed by atoms with E-state index in [1.54, 1.807) is 37.3 Å². The summed E-state index contributed by atoms with van der Waals surface area (Å²) in [7, 11) is 0. The fraction of sp³-hybridized carbons (Fsp3) is 0.133. The van der Waals surface area contributed by atoms with Gasteiger partial charge >= 0.3 is 0 Å². The molecule has 0 bridgehead atoms. The monoisotopic (exact) mass is 285 g/mol. The number of nitrogen functional groups attached to an aromatic ring is 1. The van der Waals surface area contributed by atoms with Crippen molar-refractivity contribution >= 4 is 11.5 Å². The van der Waals surface area contributed by atoms with Crippen LogP contribution < -0.4 is 10.5 Å². The Kier molecular flexibility index (Phi) is 3.89. The third-order valence-corrected chi connectivity index (χ3v) is 3.09. The molecule has 0 unspecified atom stereocenters. The molecule has 21 heavy (non-hydrogen) atoms. The maximum Gasteiger partial charge on any atom is 0.276 e. The second-order valence-electron chi connectivity index (χ2n) is 4.67. The fourth-order valence-electron chi connectivity index (χ4n) is 2.02. The van der Waals surface area contributed by atoms with Gasteiger partial charge in [-0.25, -0.2) is 0 Å². The summed E-state index contributed by atoms with van der Waals surface area (Å²) in [6.07, 6.45) is 0. The van der Waals surface area contributed by atoms with Crippen LogP contribution in [0.1, 0.15) is 16.7 Å². The molecule has 6 nitrogen and oxygen atoms in total. The van der Waals surface area contributed by atoms with Gasteiger partial charge in [0.1, 0.15) is 17.3 Å². The Morgan fingerprint density at radius 1 is 1.19 bits per heavy atom. The Morgan fingerprint density at radius 2 is 1.86 bits per heavy atom. The number of nitrogens with zero attached hydrogens (tertiary/aromatic N) is 1. The van der Waals surface area contributed by atoms with E-state index in [0.717, 1.165) is 5.56 Å². The lowest BCUT2D eigenvalue weighted by Crippen LogP contribution is -2.12. The van der Waals surface area contributed by atoms with E-state index in [4.69, 9.17) is 15.9 Å². The van der Waals surface area contributed by atoms with E-state index < -0.39 is 4.92 Å². The van der Waals surface area contributed by atoms with E-state index in [1.165, 1.54) is 6.07 Å². The molecule has 0 fully saturated rings. The number of hydrogen-bond acceptors (Lipinski definition) is 4. The van der Waals surface area contributed by atoms with Crippen molar-refractivity contribution in [2.75, 3.05) is 0 Å². The summed E-state index contributed by atoms with van der Waals surface area (Å²) in [4.78, 5) is 10.6. The fourth-order valence-corrected chi connectivity index (χ4v) is 2.02. The van der Waals surface area contributed by atoms with Crippen LogP contribution in [0.5, 0.6) is 11.5 Å². The van der Waals surface area contributed by atoms with Crippen molar-refractivity contribution in [3.05, 3.63) is 63.2 Å². The van der Waals surface area contributed by atoms with E-state index >= 15 is 0 Å².